The molecule has 12 heteroatoms. The summed E-state index contributed by atoms with van der Waals surface area (Å²) in [6.45, 7) is 21.8. The van der Waals surface area contributed by atoms with Gasteiger partial charge in [0.1, 0.15) is 24.6 Å². The third-order valence-corrected chi connectivity index (χ3v) is 15.4. The van der Waals surface area contributed by atoms with Gasteiger partial charge in [0.05, 0.1) is 26.1 Å². The monoisotopic (exact) mass is 676 g/mol. The van der Waals surface area contributed by atoms with E-state index in [1.54, 1.807) is 6.33 Å². The van der Waals surface area contributed by atoms with E-state index in [1.165, 1.54) is 6.33 Å². The lowest BCUT2D eigenvalue weighted by molar-refractivity contribution is -0.0807. The molecule has 9 nitrogen and oxygen atoms in total. The zero-order valence-electron chi connectivity index (χ0n) is 26.3. The predicted molar refractivity (Wildman–Crippen MR) is 172 cm³/mol. The zero-order chi connectivity index (χ0) is 30.5. The minimum atomic E-state index is -2.77. The number of imidazole rings is 1. The highest BCUT2D eigenvalue weighted by Crippen LogP contribution is 2.56. The number of halogens is 1. The van der Waals surface area contributed by atoms with Crippen LogP contribution >= 0.6 is 15.9 Å². The second-order valence-corrected chi connectivity index (χ2v) is 25.9. The third-order valence-electron chi connectivity index (χ3n) is 8.06. The Bertz CT molecular complexity index is 1370. The maximum atomic E-state index is 7.17. The molecule has 2 saturated heterocycles. The van der Waals surface area contributed by atoms with E-state index in [2.05, 4.69) is 104 Å². The number of benzene rings is 1. The minimum Gasteiger partial charge on any atom is -0.476 e. The average Bonchev–Trinajstić information content (AvgIpc) is 3.47. The predicted octanol–water partition coefficient (Wildman–Crippen LogP) is 7.25. The van der Waals surface area contributed by atoms with Crippen molar-refractivity contribution in [1.82, 2.24) is 19.5 Å². The molecule has 2 aromatic heterocycles. The van der Waals surface area contributed by atoms with Gasteiger partial charge in [-0.15, -0.1) is 0 Å². The van der Waals surface area contributed by atoms with E-state index in [0.29, 0.717) is 36.9 Å². The molecule has 0 radical (unpaired) electrons. The fourth-order valence-electron chi connectivity index (χ4n) is 6.07. The van der Waals surface area contributed by atoms with Crippen LogP contribution in [0.4, 0.5) is 0 Å². The van der Waals surface area contributed by atoms with Crippen molar-refractivity contribution < 1.29 is 23.1 Å². The second kappa shape index (κ2) is 11.7. The molecule has 2 fully saturated rings. The summed E-state index contributed by atoms with van der Waals surface area (Å²) >= 11 is 3.53. The molecule has 2 aliphatic heterocycles. The summed E-state index contributed by atoms with van der Waals surface area (Å²) in [4.78, 5) is 13.7. The van der Waals surface area contributed by atoms with Crippen LogP contribution in [-0.4, -0.2) is 67.7 Å². The molecule has 230 valence electrons. The Morgan fingerprint density at radius 3 is 2.36 bits per heavy atom. The summed E-state index contributed by atoms with van der Waals surface area (Å²) in [6, 6.07) is 9.20. The van der Waals surface area contributed by atoms with Crippen LogP contribution in [0.15, 0.2) is 41.4 Å². The highest BCUT2D eigenvalue weighted by atomic mass is 79.9. The molecule has 4 heterocycles. The van der Waals surface area contributed by atoms with Crippen LogP contribution in [0, 0.1) is 0 Å². The van der Waals surface area contributed by atoms with Gasteiger partial charge in [-0.2, -0.15) is 4.98 Å². The van der Waals surface area contributed by atoms with E-state index in [-0.39, 0.29) is 22.3 Å². The van der Waals surface area contributed by atoms with Gasteiger partial charge in [0.15, 0.2) is 17.4 Å². The molecule has 42 heavy (non-hydrogen) atoms. The highest BCUT2D eigenvalue weighted by Gasteiger charge is 2.65. The fourth-order valence-corrected chi connectivity index (χ4v) is 12.0. The largest absolute Gasteiger partial charge is 0.476 e. The van der Waals surface area contributed by atoms with Gasteiger partial charge in [0.25, 0.3) is 0 Å². The Hall–Kier alpha value is -1.68. The van der Waals surface area contributed by atoms with E-state index >= 15 is 0 Å². The van der Waals surface area contributed by atoms with Crippen molar-refractivity contribution in [3.8, 4) is 5.88 Å². The standard InChI is InChI=1S/C30H45BrN4O5Si2/c1-29(2,3)42(30(4,5)6)38-17-22-24(40-42)25(37-16-20-10-12-21(31)13-11-20)28(39-22)35-19-34-23-26(35)32-18-33-27(23)36-14-15-41(7,8)9/h10-13,18-19,22,24-25,28H,14-17H2,1-9H3/t22-,24-,25-,28?/m1/s1. The van der Waals surface area contributed by atoms with Crippen LogP contribution in [0.5, 0.6) is 5.88 Å². The topological polar surface area (TPSA) is 89.8 Å². The van der Waals surface area contributed by atoms with Crippen molar-refractivity contribution in [2.45, 2.75) is 108 Å². The summed E-state index contributed by atoms with van der Waals surface area (Å²) in [6.07, 6.45) is 1.75. The first-order chi connectivity index (χ1) is 19.6. The molecule has 0 amide bonds. The Morgan fingerprint density at radius 2 is 1.71 bits per heavy atom. The van der Waals surface area contributed by atoms with Crippen LogP contribution in [0.25, 0.3) is 11.2 Å². The quantitative estimate of drug-likeness (QED) is 0.231. The van der Waals surface area contributed by atoms with Crippen LogP contribution in [0.3, 0.4) is 0 Å². The molecule has 3 aromatic rings. The van der Waals surface area contributed by atoms with Gasteiger partial charge in [-0.05, 0) is 23.7 Å². The van der Waals surface area contributed by atoms with E-state index in [9.17, 15) is 0 Å². The van der Waals surface area contributed by atoms with Gasteiger partial charge in [-0.25, -0.2) is 9.97 Å². The fraction of sp³-hybridized carbons (Fsp3) is 0.633. The summed E-state index contributed by atoms with van der Waals surface area (Å²) < 4.78 is 36.4. The normalized spacial score (nSPS) is 24.6. The molecule has 0 bridgehead atoms. The molecule has 0 spiro atoms. The first kappa shape index (κ1) is 31.7. The zero-order valence-corrected chi connectivity index (χ0v) is 29.9. The maximum absolute atomic E-state index is 7.17. The van der Waals surface area contributed by atoms with E-state index in [1.807, 2.05) is 16.7 Å². The molecule has 0 saturated carbocycles. The first-order valence-electron chi connectivity index (χ1n) is 14.7. The highest BCUT2D eigenvalue weighted by molar-refractivity contribution is 9.10. The van der Waals surface area contributed by atoms with Crippen molar-refractivity contribution in [1.29, 1.82) is 0 Å². The van der Waals surface area contributed by atoms with Crippen molar-refractivity contribution in [2.75, 3.05) is 13.2 Å². The number of rotatable bonds is 8. The van der Waals surface area contributed by atoms with Crippen LogP contribution in [0.1, 0.15) is 53.3 Å². The number of ether oxygens (including phenoxy) is 3. The van der Waals surface area contributed by atoms with Crippen LogP contribution in [-0.2, 0) is 24.9 Å². The molecule has 5 rings (SSSR count). The second-order valence-electron chi connectivity index (χ2n) is 14.6. The lowest BCUT2D eigenvalue weighted by atomic mass is 10.1. The average molecular weight is 678 g/mol. The molecule has 0 aliphatic carbocycles. The van der Waals surface area contributed by atoms with Crippen molar-refractivity contribution in [3.63, 3.8) is 0 Å². The smallest absolute Gasteiger partial charge is 0.349 e. The Kier molecular flexibility index (Phi) is 8.83. The molecule has 0 N–H and O–H groups in total. The van der Waals surface area contributed by atoms with Crippen molar-refractivity contribution >= 4 is 43.7 Å². The first-order valence-corrected chi connectivity index (χ1v) is 21.0. The summed E-state index contributed by atoms with van der Waals surface area (Å²) in [5, 5.41) is -0.330. The Balaban J connectivity index is 1.49. The van der Waals surface area contributed by atoms with Gasteiger partial charge >= 0.3 is 8.56 Å². The van der Waals surface area contributed by atoms with Crippen molar-refractivity contribution in [3.05, 3.63) is 47.0 Å². The molecule has 2 aliphatic rings. The maximum Gasteiger partial charge on any atom is 0.349 e. The van der Waals surface area contributed by atoms with Gasteiger partial charge in [0, 0.05) is 22.6 Å². The number of hydrogen-bond donors (Lipinski definition) is 0. The van der Waals surface area contributed by atoms with E-state index in [4.69, 9.17) is 23.1 Å². The number of nitrogens with zero attached hydrogens (tertiary/aromatic N) is 4. The SMILES string of the molecule is CC(C)(C)[Si]1(C(C)(C)C)OC[C@H]2OC(n3cnc4c(OCC[Si](C)(C)C)ncnc43)[C@H](OCc3ccc(Br)cc3)[C@@H]2O1. The van der Waals surface area contributed by atoms with Crippen molar-refractivity contribution in [2.24, 2.45) is 0 Å². The van der Waals surface area contributed by atoms with E-state index in [0.717, 1.165) is 16.1 Å². The number of fused-ring (bicyclic) bond motifs is 2. The molecular formula is C30H45BrN4O5Si2. The molecule has 1 aromatic carbocycles. The molecule has 4 atom stereocenters. The lowest BCUT2D eigenvalue weighted by Gasteiger charge is -2.53. The van der Waals surface area contributed by atoms with Gasteiger partial charge < -0.3 is 23.1 Å². The van der Waals surface area contributed by atoms with Gasteiger partial charge in [0.2, 0.25) is 5.88 Å². The summed E-state index contributed by atoms with van der Waals surface area (Å²) in [5.74, 6) is 0.492. The van der Waals surface area contributed by atoms with Crippen LogP contribution < -0.4 is 4.74 Å². The number of hydrogen-bond acceptors (Lipinski definition) is 8. The molecular weight excluding hydrogens is 632 g/mol. The Morgan fingerprint density at radius 1 is 1.02 bits per heavy atom. The van der Waals surface area contributed by atoms with Crippen LogP contribution in [0.2, 0.25) is 35.8 Å². The Labute approximate surface area is 260 Å². The van der Waals surface area contributed by atoms with Gasteiger partial charge in [-0.3, -0.25) is 4.57 Å². The summed E-state index contributed by atoms with van der Waals surface area (Å²) in [7, 11) is -4.03. The van der Waals surface area contributed by atoms with E-state index < -0.39 is 29.0 Å². The summed E-state index contributed by atoms with van der Waals surface area (Å²) in [5.41, 5.74) is 2.33. The third kappa shape index (κ3) is 6.26. The lowest BCUT2D eigenvalue weighted by Crippen LogP contribution is -2.65. The number of aromatic nitrogens is 4. The van der Waals surface area contributed by atoms with Gasteiger partial charge in [-0.1, -0.05) is 89.2 Å². The molecule has 1 unspecified atom stereocenters. The minimum absolute atomic E-state index is 0.165.